The summed E-state index contributed by atoms with van der Waals surface area (Å²) in [6.45, 7) is 5.04. The van der Waals surface area contributed by atoms with Gasteiger partial charge in [0.1, 0.15) is 11.4 Å². The van der Waals surface area contributed by atoms with Gasteiger partial charge in [-0.3, -0.25) is 4.90 Å². The number of ether oxygens (including phenoxy) is 1. The lowest BCUT2D eigenvalue weighted by molar-refractivity contribution is 0.0445. The molecule has 1 aliphatic rings. The van der Waals surface area contributed by atoms with Crippen LogP contribution >= 0.6 is 0 Å². The Labute approximate surface area is 157 Å². The zero-order valence-corrected chi connectivity index (χ0v) is 15.2. The molecule has 1 fully saturated rings. The fourth-order valence-corrected chi connectivity index (χ4v) is 3.44. The van der Waals surface area contributed by atoms with Gasteiger partial charge >= 0.3 is 0 Å². The molecule has 6 nitrogen and oxygen atoms in total. The highest BCUT2D eigenvalue weighted by Crippen LogP contribution is 2.24. The van der Waals surface area contributed by atoms with E-state index in [0.29, 0.717) is 6.61 Å². The zero-order valence-electron chi connectivity index (χ0n) is 15.2. The van der Waals surface area contributed by atoms with E-state index in [-0.39, 0.29) is 6.10 Å². The largest absolute Gasteiger partial charge is 0.370 e. The van der Waals surface area contributed by atoms with Gasteiger partial charge in [-0.1, -0.05) is 30.3 Å². The van der Waals surface area contributed by atoms with Crippen molar-refractivity contribution in [1.29, 1.82) is 0 Å². The first-order chi connectivity index (χ1) is 13.2. The van der Waals surface area contributed by atoms with Crippen molar-refractivity contribution in [2.24, 2.45) is 0 Å². The molecule has 0 spiro atoms. The van der Waals surface area contributed by atoms with Gasteiger partial charge in [0.05, 0.1) is 12.7 Å². The van der Waals surface area contributed by atoms with Gasteiger partial charge in [0.15, 0.2) is 0 Å². The molecule has 0 saturated carbocycles. The number of aromatic nitrogens is 4. The molecule has 0 unspecified atom stereocenters. The number of hydrogen-bond donors (Lipinski definition) is 1. The molecule has 3 aromatic rings. The lowest BCUT2D eigenvalue weighted by Gasteiger charge is -2.16. The molecule has 2 aromatic heterocycles. The van der Waals surface area contributed by atoms with E-state index in [4.69, 9.17) is 4.74 Å². The van der Waals surface area contributed by atoms with E-state index in [1.807, 2.05) is 18.2 Å². The number of rotatable bonds is 6. The van der Waals surface area contributed by atoms with Gasteiger partial charge < -0.3 is 4.74 Å². The number of likely N-dealkylation sites (tertiary alicyclic amines) is 1. The smallest absolute Gasteiger partial charge is 0.212 e. The summed E-state index contributed by atoms with van der Waals surface area (Å²) in [6.07, 6.45) is 2.71. The number of H-pyrrole nitrogens is 1. The normalized spacial score (nSPS) is 17.5. The van der Waals surface area contributed by atoms with Gasteiger partial charge in [-0.25, -0.2) is 4.98 Å². The quantitative estimate of drug-likeness (QED) is 0.678. The van der Waals surface area contributed by atoms with Crippen LogP contribution in [-0.4, -0.2) is 44.5 Å². The second-order valence-electron chi connectivity index (χ2n) is 6.88. The molecular weight excluding hydrogens is 345 g/mol. The lowest BCUT2D eigenvalue weighted by Crippen LogP contribution is -2.23. The molecule has 140 valence electrons. The van der Waals surface area contributed by atoms with E-state index < -0.39 is 5.95 Å². The highest BCUT2D eigenvalue weighted by Gasteiger charge is 2.24. The SMILES string of the molecule is Cc1ccccc1-c1n[nH]nc1CO[C@H]1CCN(Cc2ccc(F)nc2)C1. The minimum absolute atomic E-state index is 0.153. The Kier molecular flexibility index (Phi) is 5.22. The Bertz CT molecular complexity index is 895. The molecule has 0 bridgehead atoms. The Morgan fingerprint density at radius 1 is 1.22 bits per heavy atom. The second-order valence-corrected chi connectivity index (χ2v) is 6.88. The van der Waals surface area contributed by atoms with Gasteiger partial charge in [-0.15, -0.1) is 0 Å². The molecule has 4 rings (SSSR count). The highest BCUT2D eigenvalue weighted by atomic mass is 19.1. The van der Waals surface area contributed by atoms with E-state index in [1.54, 1.807) is 12.3 Å². The van der Waals surface area contributed by atoms with E-state index in [2.05, 4.69) is 38.3 Å². The van der Waals surface area contributed by atoms with Gasteiger partial charge in [-0.05, 0) is 30.5 Å². The number of aromatic amines is 1. The molecule has 1 saturated heterocycles. The molecule has 1 aromatic carbocycles. The van der Waals surface area contributed by atoms with Crippen LogP contribution in [0.25, 0.3) is 11.3 Å². The standard InChI is InChI=1S/C20H22FN5O/c1-14-4-2-3-5-17(14)20-18(23-25-24-20)13-27-16-8-9-26(12-16)11-15-6-7-19(21)22-10-15/h2-7,10,16H,8-9,11-13H2,1H3,(H,23,24,25)/t16-/m0/s1. The first-order valence-corrected chi connectivity index (χ1v) is 9.09. The fraction of sp³-hybridized carbons (Fsp3) is 0.350. The van der Waals surface area contributed by atoms with E-state index in [9.17, 15) is 4.39 Å². The van der Waals surface area contributed by atoms with E-state index in [0.717, 1.165) is 54.1 Å². The van der Waals surface area contributed by atoms with Crippen LogP contribution < -0.4 is 0 Å². The number of benzene rings is 1. The van der Waals surface area contributed by atoms with Gasteiger partial charge in [0.2, 0.25) is 5.95 Å². The van der Waals surface area contributed by atoms with Crippen molar-refractivity contribution >= 4 is 0 Å². The van der Waals surface area contributed by atoms with Crippen molar-refractivity contribution in [3.8, 4) is 11.3 Å². The van der Waals surface area contributed by atoms with Gasteiger partial charge in [0, 0.05) is 31.4 Å². The number of hydrogen-bond acceptors (Lipinski definition) is 5. The first kappa shape index (κ1) is 17.8. The van der Waals surface area contributed by atoms with Crippen molar-refractivity contribution in [3.63, 3.8) is 0 Å². The molecule has 0 amide bonds. The molecule has 0 aliphatic carbocycles. The Balaban J connectivity index is 1.33. The summed E-state index contributed by atoms with van der Waals surface area (Å²) in [5, 5.41) is 11.3. The minimum atomic E-state index is -0.446. The molecule has 3 heterocycles. The lowest BCUT2D eigenvalue weighted by atomic mass is 10.0. The minimum Gasteiger partial charge on any atom is -0.370 e. The van der Waals surface area contributed by atoms with Gasteiger partial charge in [0.25, 0.3) is 0 Å². The average Bonchev–Trinajstić information content (AvgIpc) is 3.31. The predicted octanol–water partition coefficient (Wildman–Crippen LogP) is 3.11. The van der Waals surface area contributed by atoms with Crippen LogP contribution in [0.4, 0.5) is 4.39 Å². The van der Waals surface area contributed by atoms with E-state index in [1.165, 1.54) is 6.07 Å². The Morgan fingerprint density at radius 2 is 2.11 bits per heavy atom. The summed E-state index contributed by atoms with van der Waals surface area (Å²) >= 11 is 0. The molecular formula is C20H22FN5O. The molecule has 27 heavy (non-hydrogen) atoms. The summed E-state index contributed by atoms with van der Waals surface area (Å²) in [5.41, 5.74) is 4.91. The van der Waals surface area contributed by atoms with Crippen molar-refractivity contribution in [1.82, 2.24) is 25.3 Å². The number of nitrogens with zero attached hydrogens (tertiary/aromatic N) is 4. The zero-order chi connectivity index (χ0) is 18.6. The molecule has 1 N–H and O–H groups in total. The highest BCUT2D eigenvalue weighted by molar-refractivity contribution is 5.64. The summed E-state index contributed by atoms with van der Waals surface area (Å²) in [7, 11) is 0. The molecule has 1 atom stereocenters. The molecule has 7 heteroatoms. The van der Waals surface area contributed by atoms with Crippen molar-refractivity contribution < 1.29 is 9.13 Å². The maximum absolute atomic E-state index is 12.9. The molecule has 1 aliphatic heterocycles. The van der Waals surface area contributed by atoms with Crippen LogP contribution in [0.5, 0.6) is 0 Å². The van der Waals surface area contributed by atoms with Crippen molar-refractivity contribution in [3.05, 3.63) is 65.4 Å². The van der Waals surface area contributed by atoms with Crippen LogP contribution in [-0.2, 0) is 17.9 Å². The topological polar surface area (TPSA) is 66.9 Å². The van der Waals surface area contributed by atoms with Crippen LogP contribution in [0.1, 0.15) is 23.2 Å². The van der Waals surface area contributed by atoms with Gasteiger partial charge in [-0.2, -0.15) is 19.8 Å². The maximum atomic E-state index is 12.9. The third kappa shape index (κ3) is 4.20. The van der Waals surface area contributed by atoms with Crippen molar-refractivity contribution in [2.45, 2.75) is 32.6 Å². The fourth-order valence-electron chi connectivity index (χ4n) is 3.44. The number of nitrogens with one attached hydrogen (secondary N) is 1. The second kappa shape index (κ2) is 7.94. The number of pyridine rings is 1. The number of aryl methyl sites for hydroxylation is 1. The third-order valence-electron chi connectivity index (χ3n) is 4.90. The van der Waals surface area contributed by atoms with E-state index >= 15 is 0 Å². The first-order valence-electron chi connectivity index (χ1n) is 9.09. The van der Waals surface area contributed by atoms with Crippen molar-refractivity contribution in [2.75, 3.05) is 13.1 Å². The average molecular weight is 367 g/mol. The maximum Gasteiger partial charge on any atom is 0.212 e. The molecule has 0 radical (unpaired) electrons. The monoisotopic (exact) mass is 367 g/mol. The van der Waals surface area contributed by atoms with Crippen LogP contribution in [0.3, 0.4) is 0 Å². The van der Waals surface area contributed by atoms with Crippen LogP contribution in [0.15, 0.2) is 42.6 Å². The summed E-state index contributed by atoms with van der Waals surface area (Å²) in [5.74, 6) is -0.446. The third-order valence-corrected chi connectivity index (χ3v) is 4.90. The summed E-state index contributed by atoms with van der Waals surface area (Å²) in [6, 6.07) is 11.3. The summed E-state index contributed by atoms with van der Waals surface area (Å²) < 4.78 is 19.0. The van der Waals surface area contributed by atoms with Crippen LogP contribution in [0, 0.1) is 12.9 Å². The Morgan fingerprint density at radius 3 is 2.93 bits per heavy atom. The summed E-state index contributed by atoms with van der Waals surface area (Å²) in [4.78, 5) is 6.01. The number of halogens is 1. The Hall–Kier alpha value is -2.64. The van der Waals surface area contributed by atoms with Crippen LogP contribution in [0.2, 0.25) is 0 Å². The predicted molar refractivity (Wildman–Crippen MR) is 99.2 cm³/mol.